The molecule has 0 heterocycles. The lowest BCUT2D eigenvalue weighted by Gasteiger charge is -2.16. The molecule has 0 rings (SSSR count). The molecule has 0 saturated heterocycles. The van der Waals surface area contributed by atoms with Crippen LogP contribution in [-0.2, 0) is 11.1 Å². The molecule has 0 radical (unpaired) electrons. The first-order valence-electron chi connectivity index (χ1n) is 8.74. The van der Waals surface area contributed by atoms with E-state index < -0.39 is 16.3 Å². The Morgan fingerprint density at radius 2 is 1.36 bits per heavy atom. The summed E-state index contributed by atoms with van der Waals surface area (Å²) >= 11 is -2.14. The van der Waals surface area contributed by atoms with E-state index in [-0.39, 0.29) is 13.2 Å². The summed E-state index contributed by atoms with van der Waals surface area (Å²) in [5, 5.41) is 17.4. The fourth-order valence-corrected chi connectivity index (χ4v) is 2.84. The molecule has 25 heavy (non-hydrogen) atoms. The van der Waals surface area contributed by atoms with Crippen LogP contribution in [0.5, 0.6) is 0 Å². The van der Waals surface area contributed by atoms with Crippen LogP contribution < -0.4 is 0 Å². The standard InChI is InChI=1S/C20H34O4S/c1-16(7-5-9-18(3)14-21)11-12-20(25(23)24)13-17(2)8-6-10-19(4)15-22/h9-11,13,20-22H,5-8,12,14-15H2,1-4H3,(H,23,24)/p-1/b16-11+,17-13+,18-9+,19-10+. The Kier molecular flexibility index (Phi) is 13.6. The van der Waals surface area contributed by atoms with Crippen LogP contribution in [-0.4, -0.2) is 37.4 Å². The molecular weight excluding hydrogens is 336 g/mol. The minimum atomic E-state index is -2.14. The first-order chi connectivity index (χ1) is 11.8. The third kappa shape index (κ3) is 12.9. The van der Waals surface area contributed by atoms with E-state index in [0.29, 0.717) is 6.42 Å². The second-order valence-corrected chi connectivity index (χ2v) is 7.72. The lowest BCUT2D eigenvalue weighted by Crippen LogP contribution is -2.11. The molecule has 5 heteroatoms. The van der Waals surface area contributed by atoms with E-state index in [1.165, 1.54) is 0 Å². The van der Waals surface area contributed by atoms with Crippen molar-refractivity contribution in [1.82, 2.24) is 0 Å². The Balaban J connectivity index is 4.61. The van der Waals surface area contributed by atoms with E-state index in [1.54, 1.807) is 0 Å². The molecule has 0 aromatic heterocycles. The third-order valence-corrected chi connectivity index (χ3v) is 4.80. The Hall–Kier alpha value is -1.01. The number of allylic oxidation sites excluding steroid dienone is 5. The van der Waals surface area contributed by atoms with Crippen LogP contribution in [0.4, 0.5) is 0 Å². The van der Waals surface area contributed by atoms with E-state index in [9.17, 15) is 8.76 Å². The molecule has 0 aliphatic carbocycles. The average Bonchev–Trinajstić information content (AvgIpc) is 2.57. The smallest absolute Gasteiger partial charge is 0.0639 e. The molecule has 0 aliphatic heterocycles. The van der Waals surface area contributed by atoms with Gasteiger partial charge in [-0.2, -0.15) is 0 Å². The molecule has 0 bridgehead atoms. The van der Waals surface area contributed by atoms with Crippen molar-refractivity contribution in [2.45, 2.75) is 65.0 Å². The van der Waals surface area contributed by atoms with Crippen LogP contribution in [0, 0.1) is 0 Å². The van der Waals surface area contributed by atoms with Crippen molar-refractivity contribution in [3.8, 4) is 0 Å². The van der Waals surface area contributed by atoms with Gasteiger partial charge in [0.25, 0.3) is 0 Å². The van der Waals surface area contributed by atoms with Crippen LogP contribution in [0.25, 0.3) is 0 Å². The van der Waals surface area contributed by atoms with E-state index in [4.69, 9.17) is 10.2 Å². The summed E-state index contributed by atoms with van der Waals surface area (Å²) in [6.07, 6.45) is 11.6. The van der Waals surface area contributed by atoms with Crippen molar-refractivity contribution in [2.75, 3.05) is 13.2 Å². The summed E-state index contributed by atoms with van der Waals surface area (Å²) < 4.78 is 22.9. The van der Waals surface area contributed by atoms with Gasteiger partial charge in [-0.1, -0.05) is 46.6 Å². The lowest BCUT2D eigenvalue weighted by molar-refractivity contribution is 0.330. The summed E-state index contributed by atoms with van der Waals surface area (Å²) in [6, 6.07) is 0. The Bertz CT molecular complexity index is 530. The van der Waals surface area contributed by atoms with Crippen LogP contribution in [0.3, 0.4) is 0 Å². The summed E-state index contributed by atoms with van der Waals surface area (Å²) in [5.41, 5.74) is 4.09. The fourth-order valence-electron chi connectivity index (χ4n) is 2.24. The summed E-state index contributed by atoms with van der Waals surface area (Å²) in [5.74, 6) is 0. The normalized spacial score (nSPS) is 16.9. The van der Waals surface area contributed by atoms with Crippen LogP contribution in [0.15, 0.2) is 46.6 Å². The first-order valence-corrected chi connectivity index (χ1v) is 9.87. The van der Waals surface area contributed by atoms with Gasteiger partial charge >= 0.3 is 0 Å². The SMILES string of the molecule is C/C(=C\CC/C(C)=C/CC(/C=C(\C)CC/C=C(\C)CO)S(=O)[O-])CO. The highest BCUT2D eigenvalue weighted by Crippen LogP contribution is 2.15. The molecule has 0 aromatic carbocycles. The Morgan fingerprint density at radius 3 is 1.80 bits per heavy atom. The van der Waals surface area contributed by atoms with E-state index in [0.717, 1.165) is 48.0 Å². The minimum Gasteiger partial charge on any atom is -0.772 e. The van der Waals surface area contributed by atoms with Gasteiger partial charge in [-0.15, -0.1) is 0 Å². The van der Waals surface area contributed by atoms with E-state index in [2.05, 4.69) is 0 Å². The van der Waals surface area contributed by atoms with Crippen molar-refractivity contribution >= 4 is 11.1 Å². The Labute approximate surface area is 155 Å². The highest BCUT2D eigenvalue weighted by molar-refractivity contribution is 7.80. The van der Waals surface area contributed by atoms with Gasteiger partial charge in [0.2, 0.25) is 0 Å². The molecule has 2 unspecified atom stereocenters. The van der Waals surface area contributed by atoms with Crippen LogP contribution >= 0.6 is 0 Å². The number of aliphatic hydroxyl groups excluding tert-OH is 2. The minimum absolute atomic E-state index is 0.0626. The van der Waals surface area contributed by atoms with Gasteiger partial charge in [-0.3, -0.25) is 4.21 Å². The van der Waals surface area contributed by atoms with Crippen molar-refractivity contribution < 1.29 is 19.0 Å². The third-order valence-electron chi connectivity index (χ3n) is 3.98. The van der Waals surface area contributed by atoms with E-state index in [1.807, 2.05) is 52.0 Å². The van der Waals surface area contributed by atoms with Gasteiger partial charge in [0.15, 0.2) is 0 Å². The van der Waals surface area contributed by atoms with E-state index >= 15 is 0 Å². The Morgan fingerprint density at radius 1 is 0.880 bits per heavy atom. The highest BCUT2D eigenvalue weighted by atomic mass is 32.2. The molecule has 0 aromatic rings. The predicted octanol–water partition coefficient (Wildman–Crippen LogP) is 3.95. The van der Waals surface area contributed by atoms with Gasteiger partial charge in [-0.05, 0) is 70.9 Å². The number of aliphatic hydroxyl groups is 2. The average molecular weight is 370 g/mol. The van der Waals surface area contributed by atoms with Gasteiger partial charge < -0.3 is 14.8 Å². The fraction of sp³-hybridized carbons (Fsp3) is 0.600. The summed E-state index contributed by atoms with van der Waals surface area (Å²) in [6.45, 7) is 7.86. The quantitative estimate of drug-likeness (QED) is 0.403. The van der Waals surface area contributed by atoms with Crippen LogP contribution in [0.2, 0.25) is 0 Å². The largest absolute Gasteiger partial charge is 0.772 e. The summed E-state index contributed by atoms with van der Waals surface area (Å²) in [4.78, 5) is 0. The maximum atomic E-state index is 11.5. The van der Waals surface area contributed by atoms with Gasteiger partial charge in [0, 0.05) is 5.25 Å². The molecular formula is C20H33O4S-. The molecule has 0 aliphatic rings. The number of hydrogen-bond acceptors (Lipinski definition) is 4. The molecule has 4 nitrogen and oxygen atoms in total. The van der Waals surface area contributed by atoms with Gasteiger partial charge in [0.05, 0.1) is 13.2 Å². The molecule has 2 atom stereocenters. The zero-order valence-corrected chi connectivity index (χ0v) is 16.8. The maximum Gasteiger partial charge on any atom is 0.0639 e. The van der Waals surface area contributed by atoms with Crippen molar-refractivity contribution in [3.05, 3.63) is 46.6 Å². The highest BCUT2D eigenvalue weighted by Gasteiger charge is 2.05. The molecule has 144 valence electrons. The molecule has 0 saturated carbocycles. The number of hydrogen-bond donors (Lipinski definition) is 2. The maximum absolute atomic E-state index is 11.5. The second kappa shape index (κ2) is 14.2. The lowest BCUT2D eigenvalue weighted by atomic mass is 10.1. The molecule has 0 fully saturated rings. The number of rotatable bonds is 12. The van der Waals surface area contributed by atoms with Crippen molar-refractivity contribution in [1.29, 1.82) is 0 Å². The van der Waals surface area contributed by atoms with Gasteiger partial charge in [0.1, 0.15) is 0 Å². The first kappa shape index (κ1) is 24.0. The predicted molar refractivity (Wildman–Crippen MR) is 105 cm³/mol. The van der Waals surface area contributed by atoms with Crippen LogP contribution in [0.1, 0.15) is 59.8 Å². The zero-order chi connectivity index (χ0) is 19.2. The van der Waals surface area contributed by atoms with Crippen molar-refractivity contribution in [3.63, 3.8) is 0 Å². The summed E-state index contributed by atoms with van der Waals surface area (Å²) in [7, 11) is 0. The van der Waals surface area contributed by atoms with Crippen molar-refractivity contribution in [2.24, 2.45) is 0 Å². The second-order valence-electron chi connectivity index (χ2n) is 6.59. The molecule has 2 N–H and O–H groups in total. The zero-order valence-electron chi connectivity index (χ0n) is 16.0. The van der Waals surface area contributed by atoms with Gasteiger partial charge in [-0.25, -0.2) is 0 Å². The monoisotopic (exact) mass is 369 g/mol. The molecule has 0 amide bonds. The topological polar surface area (TPSA) is 80.6 Å². The molecule has 0 spiro atoms.